The lowest BCUT2D eigenvalue weighted by molar-refractivity contribution is -0.340. The third kappa shape index (κ3) is 3.47. The summed E-state index contributed by atoms with van der Waals surface area (Å²) in [5.74, 6) is 0. The number of hydrogen-bond acceptors (Lipinski definition) is 3. The molecule has 1 aliphatic rings. The molecule has 118 valence electrons. The Morgan fingerprint density at radius 1 is 1.05 bits per heavy atom. The van der Waals surface area contributed by atoms with Gasteiger partial charge in [0.25, 0.3) is 0 Å². The van der Waals surface area contributed by atoms with Gasteiger partial charge in [0.1, 0.15) is 5.60 Å². The predicted molar refractivity (Wildman–Crippen MR) is 85.8 cm³/mol. The van der Waals surface area contributed by atoms with Gasteiger partial charge in [-0.1, -0.05) is 30.3 Å². The van der Waals surface area contributed by atoms with Crippen LogP contribution in [0.1, 0.15) is 59.9 Å². The first kappa shape index (κ1) is 16.5. The first-order chi connectivity index (χ1) is 9.55. The van der Waals surface area contributed by atoms with Crippen molar-refractivity contribution in [2.75, 3.05) is 0 Å². The van der Waals surface area contributed by atoms with Gasteiger partial charge in [0.2, 0.25) is 0 Å². The molecule has 1 saturated heterocycles. The van der Waals surface area contributed by atoms with Crippen molar-refractivity contribution in [3.05, 3.63) is 35.9 Å². The van der Waals surface area contributed by atoms with Crippen LogP contribution in [0.4, 0.5) is 0 Å². The third-order valence-corrected chi connectivity index (χ3v) is 4.36. The van der Waals surface area contributed by atoms with Gasteiger partial charge in [-0.25, -0.2) is 0 Å². The number of hydroxylamine groups is 2. The van der Waals surface area contributed by atoms with Crippen LogP contribution in [0.2, 0.25) is 0 Å². The molecular formula is C18H29NO2. The molecule has 1 aromatic carbocycles. The smallest absolute Gasteiger partial charge is 0.109 e. The number of nitrogens with zero attached hydrogens (tertiary/aromatic N) is 1. The molecule has 3 heteroatoms. The maximum absolute atomic E-state index is 10.1. The topological polar surface area (TPSA) is 32.7 Å². The fraction of sp³-hybridized carbons (Fsp3) is 0.667. The summed E-state index contributed by atoms with van der Waals surface area (Å²) < 4.78 is 0. The van der Waals surface area contributed by atoms with Crippen molar-refractivity contribution in [2.24, 2.45) is 0 Å². The van der Waals surface area contributed by atoms with E-state index in [1.54, 1.807) is 0 Å². The van der Waals surface area contributed by atoms with Gasteiger partial charge >= 0.3 is 0 Å². The van der Waals surface area contributed by atoms with Crippen LogP contribution in [0, 0.1) is 0 Å². The number of aliphatic hydroxyl groups is 1. The Balaban J connectivity index is 2.28. The van der Waals surface area contributed by atoms with Crippen molar-refractivity contribution < 1.29 is 9.94 Å². The Labute approximate surface area is 128 Å². The van der Waals surface area contributed by atoms with Crippen LogP contribution in [-0.2, 0) is 10.4 Å². The second-order valence-electron chi connectivity index (χ2n) is 7.95. The summed E-state index contributed by atoms with van der Waals surface area (Å²) in [5.41, 5.74) is 0.348. The molecule has 1 fully saturated rings. The van der Waals surface area contributed by atoms with E-state index in [1.807, 2.05) is 18.2 Å². The van der Waals surface area contributed by atoms with Gasteiger partial charge in [0.05, 0.1) is 6.10 Å². The number of benzene rings is 1. The Morgan fingerprint density at radius 2 is 1.52 bits per heavy atom. The van der Waals surface area contributed by atoms with Crippen molar-refractivity contribution in [3.8, 4) is 0 Å². The fourth-order valence-electron chi connectivity index (χ4n) is 3.58. The highest BCUT2D eigenvalue weighted by Gasteiger charge is 2.48. The number of aliphatic hydroxyl groups excluding tert-OH is 1. The molecule has 1 aliphatic heterocycles. The van der Waals surface area contributed by atoms with E-state index in [0.717, 1.165) is 18.4 Å². The van der Waals surface area contributed by atoms with Crippen molar-refractivity contribution in [1.82, 2.24) is 5.06 Å². The first-order valence-electron chi connectivity index (χ1n) is 7.78. The summed E-state index contributed by atoms with van der Waals surface area (Å²) in [6, 6.07) is 10.3. The van der Waals surface area contributed by atoms with Crippen LogP contribution < -0.4 is 0 Å². The molecule has 0 atom stereocenters. The second-order valence-corrected chi connectivity index (χ2v) is 7.95. The average molecular weight is 291 g/mol. The van der Waals surface area contributed by atoms with E-state index >= 15 is 0 Å². The molecule has 0 amide bonds. The molecule has 3 nitrogen and oxygen atoms in total. The van der Waals surface area contributed by atoms with Gasteiger partial charge in [-0.15, -0.1) is 0 Å². The van der Waals surface area contributed by atoms with Crippen molar-refractivity contribution in [2.45, 2.75) is 77.2 Å². The normalized spacial score (nSPS) is 23.2. The fourth-order valence-corrected chi connectivity index (χ4v) is 3.58. The van der Waals surface area contributed by atoms with Gasteiger partial charge in [-0.05, 0) is 59.9 Å². The third-order valence-electron chi connectivity index (χ3n) is 4.36. The maximum Gasteiger partial charge on any atom is 0.109 e. The lowest BCUT2D eigenvalue weighted by Gasteiger charge is -2.55. The van der Waals surface area contributed by atoms with E-state index < -0.39 is 5.60 Å². The SMILES string of the molecule is CC(C)(ON1C(C)(C)CC(O)CC1(C)C)c1ccccc1. The van der Waals surface area contributed by atoms with Gasteiger partial charge < -0.3 is 5.11 Å². The minimum atomic E-state index is -0.405. The zero-order valence-electron chi connectivity index (χ0n) is 14.2. The lowest BCUT2D eigenvalue weighted by atomic mass is 9.80. The van der Waals surface area contributed by atoms with E-state index in [4.69, 9.17) is 4.84 Å². The van der Waals surface area contributed by atoms with E-state index in [0.29, 0.717) is 0 Å². The molecule has 1 N–H and O–H groups in total. The second kappa shape index (κ2) is 5.38. The van der Waals surface area contributed by atoms with Gasteiger partial charge in [-0.2, -0.15) is 5.06 Å². The predicted octanol–water partition coefficient (Wildman–Crippen LogP) is 3.87. The standard InChI is InChI=1S/C18H29NO2/c1-16(2)12-15(20)13-17(3,4)19(16)21-18(5,6)14-10-8-7-9-11-14/h7-11,15,20H,12-13H2,1-6H3. The average Bonchev–Trinajstić information content (AvgIpc) is 2.34. The van der Waals surface area contributed by atoms with Gasteiger partial charge in [0, 0.05) is 11.1 Å². The molecule has 0 bridgehead atoms. The maximum atomic E-state index is 10.1. The summed E-state index contributed by atoms with van der Waals surface area (Å²) in [5, 5.41) is 12.2. The molecule has 2 rings (SSSR count). The highest BCUT2D eigenvalue weighted by Crippen LogP contribution is 2.41. The van der Waals surface area contributed by atoms with Gasteiger partial charge in [-0.3, -0.25) is 4.84 Å². The van der Waals surface area contributed by atoms with Gasteiger partial charge in [0.15, 0.2) is 0 Å². The summed E-state index contributed by atoms with van der Waals surface area (Å²) in [7, 11) is 0. The van der Waals surface area contributed by atoms with Crippen LogP contribution >= 0.6 is 0 Å². The number of rotatable bonds is 3. The number of piperidine rings is 1. The van der Waals surface area contributed by atoms with Crippen LogP contribution in [0.3, 0.4) is 0 Å². The molecule has 0 radical (unpaired) electrons. The van der Waals surface area contributed by atoms with Crippen LogP contribution in [-0.4, -0.2) is 27.4 Å². The molecule has 1 aromatic rings. The lowest BCUT2D eigenvalue weighted by Crippen LogP contribution is -2.63. The van der Waals surface area contributed by atoms with E-state index in [2.05, 4.69) is 58.7 Å². The van der Waals surface area contributed by atoms with Crippen molar-refractivity contribution in [1.29, 1.82) is 0 Å². The Hall–Kier alpha value is -0.900. The molecule has 0 aliphatic carbocycles. The largest absolute Gasteiger partial charge is 0.393 e. The zero-order chi connectivity index (χ0) is 15.9. The number of hydrogen-bond donors (Lipinski definition) is 1. The summed E-state index contributed by atoms with van der Waals surface area (Å²) >= 11 is 0. The van der Waals surface area contributed by atoms with Crippen molar-refractivity contribution in [3.63, 3.8) is 0 Å². The van der Waals surface area contributed by atoms with Crippen molar-refractivity contribution >= 4 is 0 Å². The monoisotopic (exact) mass is 291 g/mol. The first-order valence-corrected chi connectivity index (χ1v) is 7.78. The van der Waals surface area contributed by atoms with Crippen LogP contribution in [0.15, 0.2) is 30.3 Å². The molecule has 0 unspecified atom stereocenters. The Morgan fingerprint density at radius 3 is 2.00 bits per heavy atom. The van der Waals surface area contributed by atoms with E-state index in [-0.39, 0.29) is 17.2 Å². The van der Waals surface area contributed by atoms with E-state index in [1.165, 1.54) is 0 Å². The quantitative estimate of drug-likeness (QED) is 0.917. The Bertz CT molecular complexity index is 461. The highest BCUT2D eigenvalue weighted by molar-refractivity contribution is 5.20. The summed E-state index contributed by atoms with van der Waals surface area (Å²) in [6.07, 6.45) is 1.18. The minimum absolute atomic E-state index is 0.201. The van der Waals surface area contributed by atoms with E-state index in [9.17, 15) is 5.11 Å². The molecule has 0 saturated carbocycles. The molecular weight excluding hydrogens is 262 g/mol. The summed E-state index contributed by atoms with van der Waals surface area (Å²) in [4.78, 5) is 6.47. The van der Waals surface area contributed by atoms with Crippen LogP contribution in [0.5, 0.6) is 0 Å². The molecule has 0 spiro atoms. The molecule has 0 aromatic heterocycles. The summed E-state index contributed by atoms with van der Waals surface area (Å²) in [6.45, 7) is 12.7. The van der Waals surface area contributed by atoms with Crippen LogP contribution in [0.25, 0.3) is 0 Å². The zero-order valence-corrected chi connectivity index (χ0v) is 14.2. The molecule has 1 heterocycles. The Kier molecular flexibility index (Phi) is 4.22. The molecule has 21 heavy (non-hydrogen) atoms. The highest BCUT2D eigenvalue weighted by atomic mass is 16.7. The minimum Gasteiger partial charge on any atom is -0.393 e.